The minimum atomic E-state index is -0.145. The Labute approximate surface area is 132 Å². The molecule has 1 N–H and O–H groups in total. The van der Waals surface area contributed by atoms with Crippen molar-refractivity contribution in [1.82, 2.24) is 0 Å². The van der Waals surface area contributed by atoms with Crippen LogP contribution in [0.4, 0.5) is 5.69 Å². The predicted molar refractivity (Wildman–Crippen MR) is 90.3 cm³/mol. The van der Waals surface area contributed by atoms with E-state index >= 15 is 0 Å². The van der Waals surface area contributed by atoms with E-state index in [2.05, 4.69) is 19.2 Å². The second-order valence-electron chi connectivity index (χ2n) is 5.49. The van der Waals surface area contributed by atoms with Gasteiger partial charge in [0.1, 0.15) is 5.75 Å². The maximum atomic E-state index is 12.7. The average Bonchev–Trinajstić information content (AvgIpc) is 2.56. The summed E-state index contributed by atoms with van der Waals surface area (Å²) >= 11 is 0. The summed E-state index contributed by atoms with van der Waals surface area (Å²) in [5, 5.41) is 3.01. The van der Waals surface area contributed by atoms with Gasteiger partial charge in [0.05, 0.1) is 13.0 Å². The number of amides is 1. The Balaban J connectivity index is 2.18. The number of methoxy groups -OCH3 is 1. The third-order valence-corrected chi connectivity index (χ3v) is 4.01. The molecular weight excluding hydrogens is 274 g/mol. The molecule has 22 heavy (non-hydrogen) atoms. The zero-order valence-electron chi connectivity index (χ0n) is 13.4. The van der Waals surface area contributed by atoms with Gasteiger partial charge in [0.25, 0.3) is 0 Å². The van der Waals surface area contributed by atoms with E-state index in [0.29, 0.717) is 0 Å². The van der Waals surface area contributed by atoms with Gasteiger partial charge in [-0.05, 0) is 35.7 Å². The molecule has 1 amide bonds. The van der Waals surface area contributed by atoms with E-state index in [1.54, 1.807) is 7.11 Å². The zero-order valence-corrected chi connectivity index (χ0v) is 13.4. The highest BCUT2D eigenvalue weighted by Crippen LogP contribution is 2.28. The third-order valence-electron chi connectivity index (χ3n) is 4.01. The Morgan fingerprint density at radius 3 is 2.27 bits per heavy atom. The number of hydrogen-bond donors (Lipinski definition) is 1. The molecule has 0 spiro atoms. The normalized spacial score (nSPS) is 13.2. The van der Waals surface area contributed by atoms with Crippen molar-refractivity contribution in [2.24, 2.45) is 5.92 Å². The number of anilines is 1. The summed E-state index contributed by atoms with van der Waals surface area (Å²) in [5.74, 6) is 0.944. The topological polar surface area (TPSA) is 38.3 Å². The molecule has 0 aliphatic carbocycles. The van der Waals surface area contributed by atoms with Crippen molar-refractivity contribution >= 4 is 11.6 Å². The van der Waals surface area contributed by atoms with Crippen LogP contribution < -0.4 is 10.1 Å². The van der Waals surface area contributed by atoms with Crippen LogP contribution in [-0.4, -0.2) is 13.0 Å². The first-order valence-corrected chi connectivity index (χ1v) is 7.65. The maximum Gasteiger partial charge on any atom is 0.232 e. The minimum absolute atomic E-state index is 0.0331. The Kier molecular flexibility index (Phi) is 5.59. The van der Waals surface area contributed by atoms with Gasteiger partial charge in [-0.1, -0.05) is 50.6 Å². The quantitative estimate of drug-likeness (QED) is 0.854. The highest BCUT2D eigenvalue weighted by molar-refractivity contribution is 5.96. The van der Waals surface area contributed by atoms with Crippen LogP contribution >= 0.6 is 0 Å². The molecule has 0 saturated heterocycles. The van der Waals surface area contributed by atoms with Crippen molar-refractivity contribution in [2.75, 3.05) is 12.4 Å². The van der Waals surface area contributed by atoms with Crippen molar-refractivity contribution in [3.63, 3.8) is 0 Å². The van der Waals surface area contributed by atoms with Gasteiger partial charge in [-0.2, -0.15) is 0 Å². The fourth-order valence-electron chi connectivity index (χ4n) is 2.53. The molecule has 0 radical (unpaired) electrons. The van der Waals surface area contributed by atoms with Gasteiger partial charge in [0.15, 0.2) is 0 Å². The lowest BCUT2D eigenvalue weighted by Gasteiger charge is -2.22. The van der Waals surface area contributed by atoms with Gasteiger partial charge in [-0.25, -0.2) is 0 Å². The van der Waals surface area contributed by atoms with E-state index in [1.165, 1.54) is 0 Å². The van der Waals surface area contributed by atoms with Crippen molar-refractivity contribution in [1.29, 1.82) is 0 Å². The largest absolute Gasteiger partial charge is 0.497 e. The van der Waals surface area contributed by atoms with Crippen LogP contribution in [0.25, 0.3) is 0 Å². The lowest BCUT2D eigenvalue weighted by molar-refractivity contribution is -0.118. The van der Waals surface area contributed by atoms with E-state index in [4.69, 9.17) is 4.74 Å². The molecule has 0 unspecified atom stereocenters. The maximum absolute atomic E-state index is 12.7. The fraction of sp³-hybridized carbons (Fsp3) is 0.316. The smallest absolute Gasteiger partial charge is 0.232 e. The van der Waals surface area contributed by atoms with Crippen molar-refractivity contribution in [3.05, 3.63) is 60.2 Å². The van der Waals surface area contributed by atoms with Crippen LogP contribution in [0.15, 0.2) is 54.6 Å². The summed E-state index contributed by atoms with van der Waals surface area (Å²) in [4.78, 5) is 12.7. The predicted octanol–water partition coefficient (Wildman–Crippen LogP) is 4.46. The summed E-state index contributed by atoms with van der Waals surface area (Å²) in [6, 6.07) is 17.4. The standard InChI is InChI=1S/C19H23NO2/c1-4-14(2)18(15-8-6-5-7-9-15)19(21)20-16-10-12-17(22-3)13-11-16/h5-14,18H,4H2,1-3H3,(H,20,21)/t14-,18-/m1/s1. The van der Waals surface area contributed by atoms with E-state index < -0.39 is 0 Å². The summed E-state index contributed by atoms with van der Waals surface area (Å²) in [5.41, 5.74) is 1.85. The molecule has 3 nitrogen and oxygen atoms in total. The Hall–Kier alpha value is -2.29. The first kappa shape index (κ1) is 16.1. The van der Waals surface area contributed by atoms with Crippen LogP contribution in [-0.2, 0) is 4.79 Å². The lowest BCUT2D eigenvalue weighted by Crippen LogP contribution is -2.26. The van der Waals surface area contributed by atoms with Crippen LogP contribution in [0.5, 0.6) is 5.75 Å². The molecule has 2 rings (SSSR count). The first-order chi connectivity index (χ1) is 10.7. The van der Waals surface area contributed by atoms with Crippen LogP contribution in [0.2, 0.25) is 0 Å². The molecule has 0 aliphatic heterocycles. The Morgan fingerprint density at radius 1 is 1.09 bits per heavy atom. The van der Waals surface area contributed by atoms with Crippen molar-refractivity contribution in [3.8, 4) is 5.75 Å². The molecule has 2 aromatic carbocycles. The van der Waals surface area contributed by atoms with Gasteiger partial charge in [0, 0.05) is 5.69 Å². The second kappa shape index (κ2) is 7.64. The highest BCUT2D eigenvalue weighted by Gasteiger charge is 2.25. The van der Waals surface area contributed by atoms with Gasteiger partial charge >= 0.3 is 0 Å². The van der Waals surface area contributed by atoms with Crippen LogP contribution in [0, 0.1) is 5.92 Å². The zero-order chi connectivity index (χ0) is 15.9. The number of hydrogen-bond acceptors (Lipinski definition) is 2. The van der Waals surface area contributed by atoms with Crippen molar-refractivity contribution < 1.29 is 9.53 Å². The molecular formula is C19H23NO2. The van der Waals surface area contributed by atoms with E-state index in [1.807, 2.05) is 54.6 Å². The number of carbonyl (C=O) groups excluding carboxylic acids is 1. The molecule has 0 heterocycles. The SMILES string of the molecule is CC[C@@H](C)[C@@H](C(=O)Nc1ccc(OC)cc1)c1ccccc1. The molecule has 0 fully saturated rings. The number of carbonyl (C=O) groups is 1. The summed E-state index contributed by atoms with van der Waals surface area (Å²) < 4.78 is 5.13. The number of rotatable bonds is 6. The van der Waals surface area contributed by atoms with Crippen molar-refractivity contribution in [2.45, 2.75) is 26.2 Å². The second-order valence-corrected chi connectivity index (χ2v) is 5.49. The molecule has 2 atom stereocenters. The van der Waals surface area contributed by atoms with Gasteiger partial charge in [0.2, 0.25) is 5.91 Å². The molecule has 0 bridgehead atoms. The monoisotopic (exact) mass is 297 g/mol. The first-order valence-electron chi connectivity index (χ1n) is 7.65. The van der Waals surface area contributed by atoms with Crippen LogP contribution in [0.3, 0.4) is 0 Å². The summed E-state index contributed by atoms with van der Waals surface area (Å²) in [7, 11) is 1.63. The molecule has 0 saturated carbocycles. The molecule has 2 aromatic rings. The van der Waals surface area contributed by atoms with Crippen LogP contribution in [0.1, 0.15) is 31.7 Å². The van der Waals surface area contributed by atoms with E-state index in [9.17, 15) is 4.79 Å². The molecule has 3 heteroatoms. The average molecular weight is 297 g/mol. The minimum Gasteiger partial charge on any atom is -0.497 e. The number of benzene rings is 2. The van der Waals surface area contributed by atoms with E-state index in [0.717, 1.165) is 23.4 Å². The van der Waals surface area contributed by atoms with Gasteiger partial charge < -0.3 is 10.1 Å². The summed E-state index contributed by atoms with van der Waals surface area (Å²) in [6.07, 6.45) is 0.954. The lowest BCUT2D eigenvalue weighted by atomic mass is 9.85. The third kappa shape index (κ3) is 3.88. The Morgan fingerprint density at radius 2 is 1.73 bits per heavy atom. The number of nitrogens with one attached hydrogen (secondary N) is 1. The highest BCUT2D eigenvalue weighted by atomic mass is 16.5. The van der Waals surface area contributed by atoms with Gasteiger partial charge in [-0.15, -0.1) is 0 Å². The van der Waals surface area contributed by atoms with Gasteiger partial charge in [-0.3, -0.25) is 4.79 Å². The molecule has 0 aliphatic rings. The number of ether oxygens (including phenoxy) is 1. The molecule has 0 aromatic heterocycles. The fourth-order valence-corrected chi connectivity index (χ4v) is 2.53. The summed E-state index contributed by atoms with van der Waals surface area (Å²) in [6.45, 7) is 4.23. The molecule has 116 valence electrons. The Bertz CT molecular complexity index is 593. The van der Waals surface area contributed by atoms with E-state index in [-0.39, 0.29) is 17.7 Å².